The van der Waals surface area contributed by atoms with Crippen LogP contribution in [-0.2, 0) is 10.0 Å². The van der Waals surface area contributed by atoms with Crippen molar-refractivity contribution in [3.8, 4) is 0 Å². The second-order valence-corrected chi connectivity index (χ2v) is 8.19. The summed E-state index contributed by atoms with van der Waals surface area (Å²) in [6.45, 7) is 0. The molecule has 0 bridgehead atoms. The molecule has 0 amide bonds. The van der Waals surface area contributed by atoms with Crippen LogP contribution < -0.4 is 9.62 Å². The summed E-state index contributed by atoms with van der Waals surface area (Å²) in [4.78, 5) is 13.2. The maximum absolute atomic E-state index is 13.0. The summed E-state index contributed by atoms with van der Waals surface area (Å²) in [5, 5.41) is 10.6. The second-order valence-electron chi connectivity index (χ2n) is 6.13. The second kappa shape index (κ2) is 7.09. The standard InChI is InChI=1S/C19H17ClN2O4S/c1-22(2)17-7-3-6-14-13(17)5-4-8-18(14)27(25,26)21-12-9-10-16(20)15(11-12)19(23)24/h3-11,21H,1-2H3,(H,23,24). The van der Waals surface area contributed by atoms with E-state index in [9.17, 15) is 13.2 Å². The van der Waals surface area contributed by atoms with Gasteiger partial charge in [0.15, 0.2) is 0 Å². The molecule has 0 fully saturated rings. The first-order valence-electron chi connectivity index (χ1n) is 7.95. The first-order valence-corrected chi connectivity index (χ1v) is 9.81. The van der Waals surface area contributed by atoms with Crippen molar-refractivity contribution in [2.75, 3.05) is 23.7 Å². The number of aromatic carboxylic acids is 1. The Morgan fingerprint density at radius 3 is 2.37 bits per heavy atom. The van der Waals surface area contributed by atoms with Crippen LogP contribution in [0.2, 0.25) is 5.02 Å². The van der Waals surface area contributed by atoms with Crippen LogP contribution in [0.1, 0.15) is 10.4 Å². The molecule has 0 aromatic heterocycles. The predicted molar refractivity (Wildman–Crippen MR) is 107 cm³/mol. The van der Waals surface area contributed by atoms with Gasteiger partial charge in [0.05, 0.1) is 15.5 Å². The van der Waals surface area contributed by atoms with Gasteiger partial charge >= 0.3 is 5.97 Å². The Bertz CT molecular complexity index is 1140. The lowest BCUT2D eigenvalue weighted by Gasteiger charge is -2.17. The molecule has 0 aliphatic rings. The zero-order valence-electron chi connectivity index (χ0n) is 14.6. The summed E-state index contributed by atoms with van der Waals surface area (Å²) in [5.74, 6) is -1.23. The summed E-state index contributed by atoms with van der Waals surface area (Å²) in [6, 6.07) is 14.4. The van der Waals surface area contributed by atoms with Crippen molar-refractivity contribution in [3.63, 3.8) is 0 Å². The van der Waals surface area contributed by atoms with Crippen molar-refractivity contribution < 1.29 is 18.3 Å². The minimum absolute atomic E-state index is 0.0335. The van der Waals surface area contributed by atoms with Gasteiger partial charge in [0.2, 0.25) is 0 Å². The van der Waals surface area contributed by atoms with Crippen molar-refractivity contribution >= 4 is 49.7 Å². The van der Waals surface area contributed by atoms with Gasteiger partial charge in [0.1, 0.15) is 0 Å². The van der Waals surface area contributed by atoms with Gasteiger partial charge in [0, 0.05) is 36.2 Å². The number of sulfonamides is 1. The number of hydrogen-bond donors (Lipinski definition) is 2. The van der Waals surface area contributed by atoms with Crippen LogP contribution in [0.3, 0.4) is 0 Å². The molecule has 8 heteroatoms. The van der Waals surface area contributed by atoms with Crippen molar-refractivity contribution in [2.24, 2.45) is 0 Å². The van der Waals surface area contributed by atoms with Gasteiger partial charge in [-0.25, -0.2) is 13.2 Å². The number of hydrogen-bond acceptors (Lipinski definition) is 4. The molecule has 0 aliphatic heterocycles. The van der Waals surface area contributed by atoms with Crippen LogP contribution >= 0.6 is 11.6 Å². The molecule has 3 rings (SSSR count). The number of nitrogens with zero attached hydrogens (tertiary/aromatic N) is 1. The van der Waals surface area contributed by atoms with E-state index in [1.54, 1.807) is 18.2 Å². The van der Waals surface area contributed by atoms with Gasteiger partial charge in [-0.2, -0.15) is 0 Å². The predicted octanol–water partition coefficient (Wildman–Crippen LogP) is 4.06. The van der Waals surface area contributed by atoms with E-state index < -0.39 is 16.0 Å². The van der Waals surface area contributed by atoms with E-state index in [1.807, 2.05) is 31.1 Å². The normalized spacial score (nSPS) is 11.4. The first kappa shape index (κ1) is 19.0. The van der Waals surface area contributed by atoms with Gasteiger partial charge in [-0.1, -0.05) is 35.9 Å². The Balaban J connectivity index is 2.10. The Hall–Kier alpha value is -2.77. The van der Waals surface area contributed by atoms with E-state index in [1.165, 1.54) is 24.3 Å². The fourth-order valence-electron chi connectivity index (χ4n) is 2.85. The molecular formula is C19H17ClN2O4S. The molecule has 3 aromatic rings. The highest BCUT2D eigenvalue weighted by atomic mass is 35.5. The first-order chi connectivity index (χ1) is 12.7. The van der Waals surface area contributed by atoms with E-state index in [4.69, 9.17) is 16.7 Å². The van der Waals surface area contributed by atoms with Gasteiger partial charge in [-0.05, 0) is 30.3 Å². The van der Waals surface area contributed by atoms with E-state index in [0.717, 1.165) is 11.1 Å². The quantitative estimate of drug-likeness (QED) is 0.669. The van der Waals surface area contributed by atoms with Crippen LogP contribution in [0.5, 0.6) is 0 Å². The van der Waals surface area contributed by atoms with Crippen molar-refractivity contribution in [3.05, 3.63) is 65.2 Å². The molecule has 0 saturated carbocycles. The summed E-state index contributed by atoms with van der Waals surface area (Å²) >= 11 is 5.84. The lowest BCUT2D eigenvalue weighted by Crippen LogP contribution is -2.14. The summed E-state index contributed by atoms with van der Waals surface area (Å²) in [5.41, 5.74) is 0.839. The summed E-state index contributed by atoms with van der Waals surface area (Å²) in [6.07, 6.45) is 0. The smallest absolute Gasteiger partial charge is 0.337 e. The van der Waals surface area contributed by atoms with Crippen LogP contribution in [0, 0.1) is 0 Å². The zero-order chi connectivity index (χ0) is 19.8. The number of benzene rings is 3. The molecule has 0 unspecified atom stereocenters. The number of carboxylic acids is 1. The third kappa shape index (κ3) is 3.70. The number of carbonyl (C=O) groups is 1. The Labute approximate surface area is 162 Å². The largest absolute Gasteiger partial charge is 0.478 e. The average molecular weight is 405 g/mol. The summed E-state index contributed by atoms with van der Waals surface area (Å²) in [7, 11) is -0.174. The molecular weight excluding hydrogens is 388 g/mol. The Morgan fingerprint density at radius 2 is 1.70 bits per heavy atom. The fraction of sp³-hybridized carbons (Fsp3) is 0.105. The number of fused-ring (bicyclic) bond motifs is 1. The average Bonchev–Trinajstić information content (AvgIpc) is 2.61. The summed E-state index contributed by atoms with van der Waals surface area (Å²) < 4.78 is 28.3. The molecule has 0 saturated heterocycles. The minimum Gasteiger partial charge on any atom is -0.478 e. The molecule has 0 spiro atoms. The Morgan fingerprint density at radius 1 is 1.04 bits per heavy atom. The molecule has 0 aliphatic carbocycles. The number of carboxylic acid groups (broad SMARTS) is 1. The molecule has 2 N–H and O–H groups in total. The van der Waals surface area contributed by atoms with E-state index in [2.05, 4.69) is 4.72 Å². The number of anilines is 2. The number of nitrogens with one attached hydrogen (secondary N) is 1. The molecule has 0 heterocycles. The molecule has 6 nitrogen and oxygen atoms in total. The topological polar surface area (TPSA) is 86.7 Å². The lowest BCUT2D eigenvalue weighted by molar-refractivity contribution is 0.0697. The van der Waals surface area contributed by atoms with Crippen LogP contribution in [-0.4, -0.2) is 33.6 Å². The fourth-order valence-corrected chi connectivity index (χ4v) is 4.32. The van der Waals surface area contributed by atoms with E-state index >= 15 is 0 Å². The third-order valence-electron chi connectivity index (χ3n) is 4.08. The van der Waals surface area contributed by atoms with Crippen molar-refractivity contribution in [1.29, 1.82) is 0 Å². The van der Waals surface area contributed by atoms with Crippen LogP contribution in [0.25, 0.3) is 10.8 Å². The van der Waals surface area contributed by atoms with Gasteiger partial charge in [-0.15, -0.1) is 0 Å². The molecule has 0 atom stereocenters. The highest BCUT2D eigenvalue weighted by Crippen LogP contribution is 2.31. The van der Waals surface area contributed by atoms with Gasteiger partial charge in [0.25, 0.3) is 10.0 Å². The SMILES string of the molecule is CN(C)c1cccc2c(S(=O)(=O)Nc3ccc(Cl)c(C(=O)O)c3)cccc12. The van der Waals surface area contributed by atoms with E-state index in [0.29, 0.717) is 5.39 Å². The highest BCUT2D eigenvalue weighted by Gasteiger charge is 2.20. The van der Waals surface area contributed by atoms with Crippen LogP contribution in [0.4, 0.5) is 11.4 Å². The maximum atomic E-state index is 13.0. The monoisotopic (exact) mass is 404 g/mol. The number of halogens is 1. The zero-order valence-corrected chi connectivity index (χ0v) is 16.2. The van der Waals surface area contributed by atoms with Gasteiger partial charge in [-0.3, -0.25) is 4.72 Å². The van der Waals surface area contributed by atoms with E-state index in [-0.39, 0.29) is 21.2 Å². The third-order valence-corrected chi connectivity index (χ3v) is 5.85. The maximum Gasteiger partial charge on any atom is 0.337 e. The highest BCUT2D eigenvalue weighted by molar-refractivity contribution is 7.93. The molecule has 3 aromatic carbocycles. The lowest BCUT2D eigenvalue weighted by atomic mass is 10.1. The molecule has 140 valence electrons. The number of rotatable bonds is 5. The molecule has 0 radical (unpaired) electrons. The van der Waals surface area contributed by atoms with Crippen molar-refractivity contribution in [1.82, 2.24) is 0 Å². The van der Waals surface area contributed by atoms with Crippen LogP contribution in [0.15, 0.2) is 59.5 Å². The molecule has 27 heavy (non-hydrogen) atoms. The van der Waals surface area contributed by atoms with Gasteiger partial charge < -0.3 is 10.0 Å². The minimum atomic E-state index is -3.94. The van der Waals surface area contributed by atoms with Crippen molar-refractivity contribution in [2.45, 2.75) is 4.90 Å². The Kier molecular flexibility index (Phi) is 4.99.